The highest BCUT2D eigenvalue weighted by Gasteiger charge is 2.23. The fourth-order valence-electron chi connectivity index (χ4n) is 3.30. The summed E-state index contributed by atoms with van der Waals surface area (Å²) in [5.41, 5.74) is 6.42. The Morgan fingerprint density at radius 2 is 1.54 bits per heavy atom. The summed E-state index contributed by atoms with van der Waals surface area (Å²) in [5.74, 6) is 1.56. The van der Waals surface area contributed by atoms with Gasteiger partial charge in [0.25, 0.3) is 0 Å². The molecule has 0 amide bonds. The topological polar surface area (TPSA) is 21.3 Å². The first-order chi connectivity index (χ1) is 12.9. The van der Waals surface area contributed by atoms with Crippen molar-refractivity contribution in [3.63, 3.8) is 0 Å². The van der Waals surface area contributed by atoms with Crippen molar-refractivity contribution in [3.8, 4) is 5.75 Å². The number of nitrogens with one attached hydrogen (secondary N) is 1. The molecule has 0 fully saturated rings. The molecule has 0 saturated carbocycles. The van der Waals surface area contributed by atoms with Gasteiger partial charge in [0.15, 0.2) is 0 Å². The van der Waals surface area contributed by atoms with E-state index in [-0.39, 0.29) is 10.8 Å². The van der Waals surface area contributed by atoms with E-state index in [4.69, 9.17) is 4.74 Å². The summed E-state index contributed by atoms with van der Waals surface area (Å²) in [6.07, 6.45) is 1.06. The summed E-state index contributed by atoms with van der Waals surface area (Å²) in [5, 5.41) is 3.68. The van der Waals surface area contributed by atoms with Gasteiger partial charge in [-0.3, -0.25) is 0 Å². The number of hydrogen-bond acceptors (Lipinski definition) is 2. The second kappa shape index (κ2) is 8.59. The fraction of sp³-hybridized carbons (Fsp3) is 0.538. The van der Waals surface area contributed by atoms with Crippen LogP contribution >= 0.6 is 0 Å². The summed E-state index contributed by atoms with van der Waals surface area (Å²) in [7, 11) is 0. The number of para-hydroxylation sites is 2. The van der Waals surface area contributed by atoms with Gasteiger partial charge in [0.1, 0.15) is 5.75 Å². The number of benzene rings is 2. The summed E-state index contributed by atoms with van der Waals surface area (Å²) in [6, 6.07) is 12.9. The van der Waals surface area contributed by atoms with Crippen LogP contribution < -0.4 is 10.1 Å². The molecule has 0 saturated heterocycles. The van der Waals surface area contributed by atoms with Gasteiger partial charge in [-0.1, -0.05) is 73.6 Å². The summed E-state index contributed by atoms with van der Waals surface area (Å²) in [4.78, 5) is 0. The second-order valence-corrected chi connectivity index (χ2v) is 10.3. The zero-order valence-electron chi connectivity index (χ0n) is 19.4. The lowest BCUT2D eigenvalue weighted by atomic mass is 9.78. The van der Waals surface area contributed by atoms with Crippen LogP contribution in [0.25, 0.3) is 0 Å². The van der Waals surface area contributed by atoms with Crippen molar-refractivity contribution < 1.29 is 4.74 Å². The molecule has 0 unspecified atom stereocenters. The van der Waals surface area contributed by atoms with E-state index in [2.05, 4.69) is 98.0 Å². The van der Waals surface area contributed by atoms with Crippen molar-refractivity contribution in [2.45, 2.75) is 79.6 Å². The van der Waals surface area contributed by atoms with Crippen molar-refractivity contribution in [1.29, 1.82) is 0 Å². The van der Waals surface area contributed by atoms with E-state index in [1.165, 1.54) is 16.7 Å². The molecule has 0 atom stereocenters. The van der Waals surface area contributed by atoms with E-state index >= 15 is 0 Å². The van der Waals surface area contributed by atoms with E-state index < -0.39 is 0 Å². The van der Waals surface area contributed by atoms with E-state index in [9.17, 15) is 0 Å². The predicted octanol–water partition coefficient (Wildman–Crippen LogP) is 7.76. The van der Waals surface area contributed by atoms with Crippen LogP contribution in [0, 0.1) is 12.8 Å². The molecule has 28 heavy (non-hydrogen) atoms. The van der Waals surface area contributed by atoms with Crippen molar-refractivity contribution in [1.82, 2.24) is 0 Å². The van der Waals surface area contributed by atoms with Gasteiger partial charge in [-0.05, 0) is 65.0 Å². The van der Waals surface area contributed by atoms with Gasteiger partial charge in [0, 0.05) is 5.69 Å². The van der Waals surface area contributed by atoms with Crippen molar-refractivity contribution in [3.05, 3.63) is 53.1 Å². The third-order valence-corrected chi connectivity index (χ3v) is 5.19. The van der Waals surface area contributed by atoms with Gasteiger partial charge >= 0.3 is 0 Å². The summed E-state index contributed by atoms with van der Waals surface area (Å²) >= 11 is 0. The lowest BCUT2D eigenvalue weighted by Crippen LogP contribution is -2.18. The zero-order valence-corrected chi connectivity index (χ0v) is 19.4. The van der Waals surface area contributed by atoms with Crippen LogP contribution in [0.1, 0.15) is 78.5 Å². The van der Waals surface area contributed by atoms with E-state index in [0.717, 1.165) is 30.2 Å². The largest absolute Gasteiger partial charge is 0.491 e. The lowest BCUT2D eigenvalue weighted by Gasteiger charge is -2.29. The monoisotopic (exact) mass is 381 g/mol. The average molecular weight is 382 g/mol. The quantitative estimate of drug-likeness (QED) is 0.552. The summed E-state index contributed by atoms with van der Waals surface area (Å²) < 4.78 is 6.09. The number of anilines is 2. The molecular formula is C26H39NO. The van der Waals surface area contributed by atoms with Crippen LogP contribution in [0.5, 0.6) is 5.75 Å². The Bertz CT molecular complexity index is 791. The molecule has 0 radical (unpaired) electrons. The fourth-order valence-corrected chi connectivity index (χ4v) is 3.30. The number of rotatable bonds is 6. The molecule has 0 bridgehead atoms. The van der Waals surface area contributed by atoms with Crippen LogP contribution in [-0.2, 0) is 10.8 Å². The molecule has 1 N–H and O–H groups in total. The molecule has 0 aliphatic rings. The third kappa shape index (κ3) is 5.77. The van der Waals surface area contributed by atoms with Crippen LogP contribution in [-0.4, -0.2) is 6.61 Å². The maximum atomic E-state index is 6.09. The van der Waals surface area contributed by atoms with Gasteiger partial charge in [-0.25, -0.2) is 0 Å². The Kier molecular flexibility index (Phi) is 6.85. The highest BCUT2D eigenvalue weighted by molar-refractivity contribution is 5.70. The molecule has 154 valence electrons. The number of hydrogen-bond donors (Lipinski definition) is 1. The Morgan fingerprint density at radius 1 is 0.893 bits per heavy atom. The van der Waals surface area contributed by atoms with Crippen LogP contribution in [0.3, 0.4) is 0 Å². The Balaban J connectivity index is 2.44. The van der Waals surface area contributed by atoms with Gasteiger partial charge in [-0.2, -0.15) is 0 Å². The highest BCUT2D eigenvalue weighted by atomic mass is 16.5. The maximum Gasteiger partial charge on any atom is 0.142 e. The minimum absolute atomic E-state index is 0.0923. The minimum Gasteiger partial charge on any atom is -0.491 e. The predicted molar refractivity (Wildman–Crippen MR) is 123 cm³/mol. The second-order valence-electron chi connectivity index (χ2n) is 10.3. The van der Waals surface area contributed by atoms with Crippen molar-refractivity contribution in [2.24, 2.45) is 5.92 Å². The first kappa shape index (κ1) is 22.3. The first-order valence-electron chi connectivity index (χ1n) is 10.5. The van der Waals surface area contributed by atoms with Gasteiger partial charge in [0.2, 0.25) is 0 Å². The van der Waals surface area contributed by atoms with Gasteiger partial charge < -0.3 is 10.1 Å². The Labute approximate surface area is 172 Å². The van der Waals surface area contributed by atoms with Gasteiger partial charge in [0.05, 0.1) is 12.3 Å². The molecule has 2 rings (SSSR count). The third-order valence-electron chi connectivity index (χ3n) is 5.19. The van der Waals surface area contributed by atoms with Crippen molar-refractivity contribution in [2.75, 3.05) is 11.9 Å². The molecule has 2 heteroatoms. The summed E-state index contributed by atoms with van der Waals surface area (Å²) in [6.45, 7) is 21.1. The molecule has 0 aliphatic carbocycles. The lowest BCUT2D eigenvalue weighted by molar-refractivity contribution is 0.291. The van der Waals surface area contributed by atoms with Crippen LogP contribution in [0.2, 0.25) is 0 Å². The maximum absolute atomic E-state index is 6.09. The molecule has 2 aromatic rings. The minimum atomic E-state index is 0.0923. The van der Waals surface area contributed by atoms with Crippen molar-refractivity contribution >= 4 is 11.4 Å². The average Bonchev–Trinajstić information content (AvgIpc) is 2.55. The molecule has 0 aromatic heterocycles. The van der Waals surface area contributed by atoms with Gasteiger partial charge in [-0.15, -0.1) is 0 Å². The first-order valence-corrected chi connectivity index (χ1v) is 10.5. The van der Waals surface area contributed by atoms with E-state index in [1.54, 1.807) is 0 Å². The highest BCUT2D eigenvalue weighted by Crippen LogP contribution is 2.38. The Hall–Kier alpha value is -1.96. The molecule has 0 aliphatic heterocycles. The molecule has 0 spiro atoms. The molecular weight excluding hydrogens is 342 g/mol. The normalized spacial score (nSPS) is 12.4. The Morgan fingerprint density at radius 3 is 2.11 bits per heavy atom. The van der Waals surface area contributed by atoms with E-state index in [1.807, 2.05) is 6.07 Å². The molecule has 2 nitrogen and oxygen atoms in total. The smallest absolute Gasteiger partial charge is 0.142 e. The SMILES string of the molecule is Cc1c(Nc2ccccc2OCCC(C)C)cc(C(C)(C)C)cc1C(C)(C)C. The van der Waals surface area contributed by atoms with Crippen LogP contribution in [0.15, 0.2) is 36.4 Å². The number of ether oxygens (including phenoxy) is 1. The van der Waals surface area contributed by atoms with E-state index in [0.29, 0.717) is 5.92 Å². The standard InChI is InChI=1S/C26H39NO/c1-18(2)14-15-28-24-13-11-10-12-22(24)27-23-17-20(25(4,5)6)16-21(19(23)3)26(7,8)9/h10-13,16-18,27H,14-15H2,1-9H3. The molecule has 0 heterocycles. The zero-order chi connectivity index (χ0) is 21.1. The molecule has 2 aromatic carbocycles. The van der Waals surface area contributed by atoms with Crippen LogP contribution in [0.4, 0.5) is 11.4 Å².